The van der Waals surface area contributed by atoms with Crippen LogP contribution in [0, 0.1) is 0 Å². The normalized spacial score (nSPS) is 10.1. The zero-order valence-corrected chi connectivity index (χ0v) is 8.04. The Labute approximate surface area is 77.7 Å². The number of nitrogens with zero attached hydrogens (tertiary/aromatic N) is 1. The Balaban J connectivity index is 3.55. The number of carboxylic acids is 1. The Morgan fingerprint density at radius 1 is 1.46 bits per heavy atom. The van der Waals surface area contributed by atoms with Crippen molar-refractivity contribution < 1.29 is 14.7 Å². The smallest absolute Gasteiger partial charge is 0.304 e. The molecule has 2 N–H and O–H groups in total. The van der Waals surface area contributed by atoms with Gasteiger partial charge >= 0.3 is 5.97 Å². The second-order valence-corrected chi connectivity index (χ2v) is 2.84. The lowest BCUT2D eigenvalue weighted by Gasteiger charge is -2.14. The molecule has 13 heavy (non-hydrogen) atoms. The number of amides is 1. The van der Waals surface area contributed by atoms with Gasteiger partial charge in [-0.25, -0.2) is 0 Å². The lowest BCUT2D eigenvalue weighted by molar-refractivity contribution is -0.137. The molecule has 0 aliphatic carbocycles. The van der Waals surface area contributed by atoms with Crippen LogP contribution < -0.4 is 5.32 Å². The molecule has 0 aromatic carbocycles. The summed E-state index contributed by atoms with van der Waals surface area (Å²) in [4.78, 5) is 22.9. The van der Waals surface area contributed by atoms with Crippen LogP contribution in [0.3, 0.4) is 0 Å². The summed E-state index contributed by atoms with van der Waals surface area (Å²) >= 11 is 0. The lowest BCUT2D eigenvalue weighted by Crippen LogP contribution is -2.35. The molecule has 76 valence electrons. The number of rotatable bonds is 6. The standard InChI is InChI=1S/C8H16N2O3/c1-3-9-7(11)6-10(2)5-4-8(12)13/h3-6H2,1-2H3,(H,9,11)(H,12,13). The molecule has 0 saturated carbocycles. The number of hydrogen-bond acceptors (Lipinski definition) is 3. The van der Waals surface area contributed by atoms with Crippen LogP contribution >= 0.6 is 0 Å². The summed E-state index contributed by atoms with van der Waals surface area (Å²) in [5.74, 6) is -0.918. The minimum Gasteiger partial charge on any atom is -0.481 e. The minimum absolute atomic E-state index is 0.0654. The Kier molecular flexibility index (Phi) is 5.88. The van der Waals surface area contributed by atoms with Gasteiger partial charge in [0.15, 0.2) is 0 Å². The molecule has 0 fully saturated rings. The maximum Gasteiger partial charge on any atom is 0.304 e. The van der Waals surface area contributed by atoms with Crippen molar-refractivity contribution in [3.05, 3.63) is 0 Å². The van der Waals surface area contributed by atoms with Gasteiger partial charge in [0.1, 0.15) is 0 Å². The van der Waals surface area contributed by atoms with E-state index in [1.54, 1.807) is 11.9 Å². The molecule has 0 atom stereocenters. The quantitative estimate of drug-likeness (QED) is 0.591. The van der Waals surface area contributed by atoms with Crippen LogP contribution in [0.15, 0.2) is 0 Å². The van der Waals surface area contributed by atoms with Crippen LogP contribution in [0.4, 0.5) is 0 Å². The van der Waals surface area contributed by atoms with Crippen LogP contribution in [0.25, 0.3) is 0 Å². The first-order valence-corrected chi connectivity index (χ1v) is 4.23. The molecule has 0 aliphatic rings. The highest BCUT2D eigenvalue weighted by Crippen LogP contribution is 1.86. The number of carboxylic acid groups (broad SMARTS) is 1. The molecule has 0 aromatic heterocycles. The fraction of sp³-hybridized carbons (Fsp3) is 0.750. The fourth-order valence-corrected chi connectivity index (χ4v) is 0.864. The first-order valence-electron chi connectivity index (χ1n) is 4.23. The molecule has 0 rings (SSSR count). The first kappa shape index (κ1) is 11.9. The molecule has 0 unspecified atom stereocenters. The summed E-state index contributed by atoms with van der Waals surface area (Å²) in [7, 11) is 1.72. The van der Waals surface area contributed by atoms with Gasteiger partial charge in [0.2, 0.25) is 5.91 Å². The molecule has 1 amide bonds. The molecule has 5 nitrogen and oxygen atoms in total. The van der Waals surface area contributed by atoms with Gasteiger partial charge in [-0.05, 0) is 14.0 Å². The highest BCUT2D eigenvalue weighted by atomic mass is 16.4. The van der Waals surface area contributed by atoms with Gasteiger partial charge in [0.05, 0.1) is 13.0 Å². The molecule has 5 heteroatoms. The van der Waals surface area contributed by atoms with Crippen molar-refractivity contribution in [1.82, 2.24) is 10.2 Å². The lowest BCUT2D eigenvalue weighted by atomic mass is 10.4. The van der Waals surface area contributed by atoms with E-state index in [-0.39, 0.29) is 18.9 Å². The summed E-state index contributed by atoms with van der Waals surface area (Å²) < 4.78 is 0. The van der Waals surface area contributed by atoms with E-state index < -0.39 is 5.97 Å². The van der Waals surface area contributed by atoms with Crippen molar-refractivity contribution in [2.45, 2.75) is 13.3 Å². The van der Waals surface area contributed by atoms with Gasteiger partial charge in [-0.2, -0.15) is 0 Å². The average Bonchev–Trinajstić information content (AvgIpc) is 2.01. The van der Waals surface area contributed by atoms with Crippen molar-refractivity contribution >= 4 is 11.9 Å². The van der Waals surface area contributed by atoms with Crippen molar-refractivity contribution in [1.29, 1.82) is 0 Å². The van der Waals surface area contributed by atoms with Gasteiger partial charge in [0.25, 0.3) is 0 Å². The summed E-state index contributed by atoms with van der Waals surface area (Å²) in [5.41, 5.74) is 0. The third-order valence-electron chi connectivity index (χ3n) is 1.49. The SMILES string of the molecule is CCNC(=O)CN(C)CCC(=O)O. The molecule has 0 aliphatic heterocycles. The third kappa shape index (κ3) is 7.27. The van der Waals surface area contributed by atoms with Crippen LogP contribution in [-0.2, 0) is 9.59 Å². The third-order valence-corrected chi connectivity index (χ3v) is 1.49. The largest absolute Gasteiger partial charge is 0.481 e. The maximum absolute atomic E-state index is 11.0. The topological polar surface area (TPSA) is 69.6 Å². The number of likely N-dealkylation sites (N-methyl/N-ethyl adjacent to an activating group) is 2. The molecular formula is C8H16N2O3. The van der Waals surface area contributed by atoms with Crippen molar-refractivity contribution in [2.75, 3.05) is 26.7 Å². The first-order chi connectivity index (χ1) is 6.06. The summed E-state index contributed by atoms with van der Waals surface area (Å²) in [6, 6.07) is 0. The van der Waals surface area contributed by atoms with E-state index in [1.165, 1.54) is 0 Å². The van der Waals surface area contributed by atoms with Gasteiger partial charge < -0.3 is 10.4 Å². The minimum atomic E-state index is -0.845. The number of hydrogen-bond donors (Lipinski definition) is 2. The summed E-state index contributed by atoms with van der Waals surface area (Å²) in [6.45, 7) is 3.09. The molecule has 0 spiro atoms. The highest BCUT2D eigenvalue weighted by molar-refractivity contribution is 5.78. The Hall–Kier alpha value is -1.10. The average molecular weight is 188 g/mol. The highest BCUT2D eigenvalue weighted by Gasteiger charge is 2.06. The zero-order valence-electron chi connectivity index (χ0n) is 8.04. The van der Waals surface area contributed by atoms with Gasteiger partial charge in [0, 0.05) is 13.1 Å². The van der Waals surface area contributed by atoms with E-state index in [2.05, 4.69) is 5.32 Å². The predicted molar refractivity (Wildman–Crippen MR) is 48.4 cm³/mol. The van der Waals surface area contributed by atoms with Crippen molar-refractivity contribution in [2.24, 2.45) is 0 Å². The van der Waals surface area contributed by atoms with E-state index in [9.17, 15) is 9.59 Å². The predicted octanol–water partition coefficient (Wildman–Crippen LogP) is -0.471. The second kappa shape index (κ2) is 6.42. The molecule has 0 heterocycles. The second-order valence-electron chi connectivity index (χ2n) is 2.84. The molecule has 0 radical (unpaired) electrons. The number of nitrogens with one attached hydrogen (secondary N) is 1. The van der Waals surface area contributed by atoms with E-state index in [4.69, 9.17) is 5.11 Å². The Bertz CT molecular complexity index is 182. The van der Waals surface area contributed by atoms with Gasteiger partial charge in [-0.1, -0.05) is 0 Å². The van der Waals surface area contributed by atoms with Crippen molar-refractivity contribution in [3.63, 3.8) is 0 Å². The molecular weight excluding hydrogens is 172 g/mol. The van der Waals surface area contributed by atoms with E-state index in [0.29, 0.717) is 13.1 Å². The number of carbonyl (C=O) groups excluding carboxylic acids is 1. The monoisotopic (exact) mass is 188 g/mol. The summed E-state index contributed by atoms with van der Waals surface area (Å²) in [5, 5.41) is 11.0. The maximum atomic E-state index is 11.0. The van der Waals surface area contributed by atoms with Crippen molar-refractivity contribution in [3.8, 4) is 0 Å². The Morgan fingerprint density at radius 3 is 2.54 bits per heavy atom. The molecule has 0 saturated heterocycles. The van der Waals surface area contributed by atoms with Gasteiger partial charge in [-0.15, -0.1) is 0 Å². The van der Waals surface area contributed by atoms with E-state index in [0.717, 1.165) is 0 Å². The molecule has 0 bridgehead atoms. The van der Waals surface area contributed by atoms with Crippen LogP contribution in [0.5, 0.6) is 0 Å². The Morgan fingerprint density at radius 2 is 2.08 bits per heavy atom. The van der Waals surface area contributed by atoms with Crippen LogP contribution in [-0.4, -0.2) is 48.6 Å². The zero-order chi connectivity index (χ0) is 10.3. The summed E-state index contributed by atoms with van der Waals surface area (Å²) in [6.07, 6.45) is 0.0654. The van der Waals surface area contributed by atoms with E-state index in [1.807, 2.05) is 6.92 Å². The molecule has 0 aromatic rings. The number of aliphatic carboxylic acids is 1. The van der Waals surface area contributed by atoms with Crippen LogP contribution in [0.2, 0.25) is 0 Å². The fourth-order valence-electron chi connectivity index (χ4n) is 0.864. The number of carbonyl (C=O) groups is 2. The van der Waals surface area contributed by atoms with Gasteiger partial charge in [-0.3, -0.25) is 14.5 Å². The van der Waals surface area contributed by atoms with E-state index >= 15 is 0 Å². The van der Waals surface area contributed by atoms with Crippen LogP contribution in [0.1, 0.15) is 13.3 Å².